The van der Waals surface area contributed by atoms with Crippen LogP contribution < -0.4 is 15.4 Å². The van der Waals surface area contributed by atoms with Gasteiger partial charge in [-0.1, -0.05) is 26.3 Å². The third kappa shape index (κ3) is 5.34. The number of aromatic nitrogens is 3. The van der Waals surface area contributed by atoms with E-state index in [1.54, 1.807) is 35.9 Å². The maximum atomic E-state index is 11.9. The Morgan fingerprint density at radius 3 is 2.74 bits per heavy atom. The number of ether oxygens (including phenoxy) is 1. The van der Waals surface area contributed by atoms with E-state index in [9.17, 15) is 4.79 Å². The van der Waals surface area contributed by atoms with Gasteiger partial charge in [0.25, 0.3) is 0 Å². The summed E-state index contributed by atoms with van der Waals surface area (Å²) in [5.41, 5.74) is 3.06. The number of hydrogen-bond acceptors (Lipinski definition) is 6. The highest BCUT2D eigenvalue weighted by atomic mass is 32.1. The molecular formula is C26H27N5O2S. The molecule has 2 N–H and O–H groups in total. The number of thiophene rings is 1. The number of carbonyl (C=O) groups is 1. The predicted octanol–water partition coefficient (Wildman–Crippen LogP) is 6.42. The van der Waals surface area contributed by atoms with Crippen LogP contribution >= 0.6 is 11.3 Å². The van der Waals surface area contributed by atoms with Crippen molar-refractivity contribution in [3.05, 3.63) is 60.6 Å². The number of rotatable bonds is 8. The molecule has 0 aliphatic heterocycles. The molecule has 8 heteroatoms. The monoisotopic (exact) mass is 473 g/mol. The molecule has 5 rings (SSSR count). The van der Waals surface area contributed by atoms with Crippen molar-refractivity contribution in [1.29, 1.82) is 0 Å². The van der Waals surface area contributed by atoms with E-state index < -0.39 is 0 Å². The fraction of sp³-hybridized carbons (Fsp3) is 0.308. The molecule has 34 heavy (non-hydrogen) atoms. The van der Waals surface area contributed by atoms with E-state index in [1.165, 1.54) is 5.56 Å². The van der Waals surface area contributed by atoms with Gasteiger partial charge in [-0.2, -0.15) is 0 Å². The van der Waals surface area contributed by atoms with Crippen LogP contribution in [0, 0.1) is 5.92 Å². The number of carbonyl (C=O) groups excluding carboxylic acids is 1. The van der Waals surface area contributed by atoms with Gasteiger partial charge in [0, 0.05) is 24.5 Å². The van der Waals surface area contributed by atoms with E-state index >= 15 is 0 Å². The minimum atomic E-state index is -0.229. The number of hydrogen-bond donors (Lipinski definition) is 2. The molecule has 1 atom stereocenters. The SMILES string of the molecule is CCC(C)Cc1ccc(-c2cc3nccc(Oc4ccc(NC(=O)NC5CC5)nc4)c3s2)nc1. The molecule has 1 aliphatic carbocycles. The van der Waals surface area contributed by atoms with E-state index in [2.05, 4.69) is 46.6 Å². The smallest absolute Gasteiger partial charge is 0.320 e. The minimum absolute atomic E-state index is 0.229. The highest BCUT2D eigenvalue weighted by Gasteiger charge is 2.23. The van der Waals surface area contributed by atoms with Crippen molar-refractivity contribution in [3.8, 4) is 22.1 Å². The Labute approximate surface area is 202 Å². The number of nitrogens with one attached hydrogen (secondary N) is 2. The van der Waals surface area contributed by atoms with Crippen molar-refractivity contribution in [2.75, 3.05) is 5.32 Å². The maximum Gasteiger partial charge on any atom is 0.320 e. The molecule has 0 radical (unpaired) electrons. The molecule has 1 saturated carbocycles. The molecule has 4 aromatic heterocycles. The molecule has 4 aromatic rings. The fourth-order valence-electron chi connectivity index (χ4n) is 3.57. The summed E-state index contributed by atoms with van der Waals surface area (Å²) in [6.07, 6.45) is 9.60. The minimum Gasteiger partial charge on any atom is -0.454 e. The van der Waals surface area contributed by atoms with E-state index in [-0.39, 0.29) is 6.03 Å². The van der Waals surface area contributed by atoms with Gasteiger partial charge < -0.3 is 10.1 Å². The molecule has 0 aromatic carbocycles. The van der Waals surface area contributed by atoms with Gasteiger partial charge >= 0.3 is 6.03 Å². The van der Waals surface area contributed by atoms with Crippen LogP contribution in [0.3, 0.4) is 0 Å². The van der Waals surface area contributed by atoms with E-state index in [1.807, 2.05) is 18.3 Å². The number of amides is 2. The lowest BCUT2D eigenvalue weighted by molar-refractivity contribution is 0.251. The second-order valence-corrected chi connectivity index (χ2v) is 9.81. The van der Waals surface area contributed by atoms with Crippen molar-refractivity contribution in [3.63, 3.8) is 0 Å². The average molecular weight is 474 g/mol. The molecule has 0 spiro atoms. The first-order valence-corrected chi connectivity index (χ1v) is 12.4. The molecule has 1 unspecified atom stereocenters. The van der Waals surface area contributed by atoms with Crippen LogP contribution in [-0.4, -0.2) is 27.0 Å². The van der Waals surface area contributed by atoms with Crippen molar-refractivity contribution in [1.82, 2.24) is 20.3 Å². The lowest BCUT2D eigenvalue weighted by atomic mass is 10.00. The Bertz CT molecular complexity index is 1280. The van der Waals surface area contributed by atoms with Gasteiger partial charge in [-0.05, 0) is 55.0 Å². The maximum absolute atomic E-state index is 11.9. The normalized spacial score (nSPS) is 14.1. The molecule has 0 bridgehead atoms. The molecule has 4 heterocycles. The molecule has 1 aliphatic rings. The van der Waals surface area contributed by atoms with E-state index in [4.69, 9.17) is 9.72 Å². The third-order valence-corrected chi connectivity index (χ3v) is 7.01. The number of pyridine rings is 3. The van der Waals surface area contributed by atoms with Crippen molar-refractivity contribution in [2.45, 2.75) is 45.6 Å². The van der Waals surface area contributed by atoms with Crippen molar-refractivity contribution < 1.29 is 9.53 Å². The zero-order valence-corrected chi connectivity index (χ0v) is 20.1. The van der Waals surface area contributed by atoms with Gasteiger partial charge in [0.2, 0.25) is 0 Å². The fourth-order valence-corrected chi connectivity index (χ4v) is 4.61. The first-order chi connectivity index (χ1) is 16.6. The van der Waals surface area contributed by atoms with Crippen molar-refractivity contribution in [2.24, 2.45) is 5.92 Å². The number of anilines is 1. The summed E-state index contributed by atoms with van der Waals surface area (Å²) < 4.78 is 7.06. The molecule has 0 saturated heterocycles. The average Bonchev–Trinajstić information content (AvgIpc) is 3.54. The summed E-state index contributed by atoms with van der Waals surface area (Å²) >= 11 is 1.61. The van der Waals surface area contributed by atoms with Gasteiger partial charge in [-0.3, -0.25) is 15.3 Å². The summed E-state index contributed by atoms with van der Waals surface area (Å²) in [7, 11) is 0. The summed E-state index contributed by atoms with van der Waals surface area (Å²) in [5.74, 6) is 2.43. The van der Waals surface area contributed by atoms with Gasteiger partial charge in [-0.15, -0.1) is 11.3 Å². The van der Waals surface area contributed by atoms with Gasteiger partial charge in [0.15, 0.2) is 0 Å². The Morgan fingerprint density at radius 2 is 2.03 bits per heavy atom. The Morgan fingerprint density at radius 1 is 1.15 bits per heavy atom. The number of fused-ring (bicyclic) bond motifs is 1. The van der Waals surface area contributed by atoms with Crippen LogP contribution in [0.4, 0.5) is 10.6 Å². The molecule has 174 valence electrons. The summed E-state index contributed by atoms with van der Waals surface area (Å²) in [6, 6.07) is 11.7. The summed E-state index contributed by atoms with van der Waals surface area (Å²) in [6.45, 7) is 4.48. The lowest BCUT2D eigenvalue weighted by Crippen LogP contribution is -2.30. The number of urea groups is 1. The Kier molecular flexibility index (Phi) is 6.40. The van der Waals surface area contributed by atoms with E-state index in [0.29, 0.717) is 29.3 Å². The zero-order chi connectivity index (χ0) is 23.5. The summed E-state index contributed by atoms with van der Waals surface area (Å²) in [4.78, 5) is 26.4. The van der Waals surface area contributed by atoms with Gasteiger partial charge in [0.1, 0.15) is 17.3 Å². The Balaban J connectivity index is 1.30. The second kappa shape index (κ2) is 9.77. The van der Waals surface area contributed by atoms with Crippen LogP contribution in [0.5, 0.6) is 11.5 Å². The van der Waals surface area contributed by atoms with Crippen LogP contribution in [0.2, 0.25) is 0 Å². The second-order valence-electron chi connectivity index (χ2n) is 8.76. The lowest BCUT2D eigenvalue weighted by Gasteiger charge is -2.08. The third-order valence-electron chi connectivity index (χ3n) is 5.85. The van der Waals surface area contributed by atoms with Gasteiger partial charge in [0.05, 0.1) is 27.0 Å². The summed E-state index contributed by atoms with van der Waals surface area (Å²) in [5, 5.41) is 5.62. The van der Waals surface area contributed by atoms with E-state index in [0.717, 1.165) is 46.5 Å². The highest BCUT2D eigenvalue weighted by molar-refractivity contribution is 7.22. The molecule has 7 nitrogen and oxygen atoms in total. The topological polar surface area (TPSA) is 89.0 Å². The molecule has 2 amide bonds. The highest BCUT2D eigenvalue weighted by Crippen LogP contribution is 2.38. The first-order valence-electron chi connectivity index (χ1n) is 11.6. The number of nitrogens with zero attached hydrogens (tertiary/aromatic N) is 3. The quantitative estimate of drug-likeness (QED) is 0.308. The first kappa shape index (κ1) is 22.3. The zero-order valence-electron chi connectivity index (χ0n) is 19.2. The van der Waals surface area contributed by atoms with Crippen LogP contribution in [0.25, 0.3) is 20.8 Å². The van der Waals surface area contributed by atoms with Crippen LogP contribution in [-0.2, 0) is 6.42 Å². The Hall–Kier alpha value is -3.52. The van der Waals surface area contributed by atoms with Crippen LogP contribution in [0.1, 0.15) is 38.7 Å². The van der Waals surface area contributed by atoms with Gasteiger partial charge in [-0.25, -0.2) is 9.78 Å². The standard InChI is InChI=1S/C26H27N5O2S/c1-3-16(2)12-17-4-8-20(28-14-17)23-13-21-25(34-23)22(10-11-27-21)33-19-7-9-24(29-15-19)31-26(32)30-18-5-6-18/h4,7-11,13-16,18H,3,5-6,12H2,1-2H3,(H2,29,30,31,32). The predicted molar refractivity (Wildman–Crippen MR) is 135 cm³/mol. The largest absolute Gasteiger partial charge is 0.454 e. The van der Waals surface area contributed by atoms with Crippen molar-refractivity contribution >= 4 is 33.4 Å². The molecular weight excluding hydrogens is 446 g/mol. The van der Waals surface area contributed by atoms with Crippen LogP contribution in [0.15, 0.2) is 55.0 Å². The molecule has 1 fully saturated rings.